The Balaban J connectivity index is 1.45. The molecule has 0 radical (unpaired) electrons. The van der Waals surface area contributed by atoms with Gasteiger partial charge in [0.2, 0.25) is 6.79 Å². The molecule has 0 bridgehead atoms. The van der Waals surface area contributed by atoms with E-state index < -0.39 is 17.8 Å². The second kappa shape index (κ2) is 9.67. The maximum Gasteiger partial charge on any atom is 0.335 e. The number of rotatable bonds is 5. The summed E-state index contributed by atoms with van der Waals surface area (Å²) in [6, 6.07) is 14.6. The molecule has 36 heavy (non-hydrogen) atoms. The first kappa shape index (κ1) is 23.9. The van der Waals surface area contributed by atoms with E-state index in [1.54, 1.807) is 43.3 Å². The number of amides is 4. The molecule has 1 fully saturated rings. The predicted molar refractivity (Wildman–Crippen MR) is 136 cm³/mol. The summed E-state index contributed by atoms with van der Waals surface area (Å²) < 4.78 is 17.5. The van der Waals surface area contributed by atoms with Gasteiger partial charge in [-0.25, -0.2) is 9.69 Å². The summed E-state index contributed by atoms with van der Waals surface area (Å²) in [5.41, 5.74) is 2.13. The lowest BCUT2D eigenvalue weighted by molar-refractivity contribution is -0.122. The van der Waals surface area contributed by atoms with Crippen LogP contribution in [0.15, 0.2) is 64.6 Å². The Morgan fingerprint density at radius 1 is 1.06 bits per heavy atom. The van der Waals surface area contributed by atoms with Crippen LogP contribution in [0.3, 0.4) is 0 Å². The van der Waals surface area contributed by atoms with Crippen LogP contribution in [0.4, 0.5) is 10.5 Å². The number of benzene rings is 3. The lowest BCUT2D eigenvalue weighted by Gasteiger charge is -2.26. The Bertz CT molecular complexity index is 1450. The summed E-state index contributed by atoms with van der Waals surface area (Å²) >= 11 is 9.60. The molecule has 0 aliphatic carbocycles. The van der Waals surface area contributed by atoms with Gasteiger partial charge >= 0.3 is 6.03 Å². The number of hydrogen-bond donors (Lipinski definition) is 1. The largest absolute Gasteiger partial charge is 0.488 e. The molecule has 2 aliphatic rings. The minimum Gasteiger partial charge on any atom is -0.488 e. The summed E-state index contributed by atoms with van der Waals surface area (Å²) in [5.74, 6) is 0.167. The normalized spacial score (nSPS) is 15.9. The molecule has 3 aromatic rings. The molecule has 10 heteroatoms. The standard InChI is InChI=1S/C26H18BrClN2O6/c1-14-2-5-18(11-20(14)28)30-25(32)19(24(31)29-26(30)33)10-16-9-17(27)4-7-21(16)34-12-15-3-6-22-23(8-15)36-13-35-22/h2-11H,12-13H2,1H3,(H,29,31,33)/b19-10-. The van der Waals surface area contributed by atoms with E-state index in [1.165, 1.54) is 12.1 Å². The van der Waals surface area contributed by atoms with Crippen molar-refractivity contribution in [2.24, 2.45) is 0 Å². The predicted octanol–water partition coefficient (Wildman–Crippen LogP) is 5.39. The first-order chi connectivity index (χ1) is 17.3. The van der Waals surface area contributed by atoms with Crippen LogP contribution in [0.2, 0.25) is 5.02 Å². The summed E-state index contributed by atoms with van der Waals surface area (Å²) in [7, 11) is 0. The summed E-state index contributed by atoms with van der Waals surface area (Å²) in [5, 5.41) is 2.61. The molecule has 0 spiro atoms. The molecule has 3 aromatic carbocycles. The summed E-state index contributed by atoms with van der Waals surface area (Å²) in [4.78, 5) is 39.3. The van der Waals surface area contributed by atoms with Crippen molar-refractivity contribution in [1.82, 2.24) is 5.32 Å². The fraction of sp³-hybridized carbons (Fsp3) is 0.115. The van der Waals surface area contributed by atoms with Crippen molar-refractivity contribution < 1.29 is 28.6 Å². The molecule has 0 saturated carbocycles. The van der Waals surface area contributed by atoms with Crippen molar-refractivity contribution >= 4 is 57.1 Å². The highest BCUT2D eigenvalue weighted by Gasteiger charge is 2.37. The van der Waals surface area contributed by atoms with Crippen LogP contribution in [0.25, 0.3) is 6.08 Å². The van der Waals surface area contributed by atoms with E-state index in [2.05, 4.69) is 21.2 Å². The minimum absolute atomic E-state index is 0.175. The zero-order chi connectivity index (χ0) is 25.4. The van der Waals surface area contributed by atoms with E-state index in [9.17, 15) is 14.4 Å². The fourth-order valence-corrected chi connectivity index (χ4v) is 4.28. The number of barbiturate groups is 1. The number of hydrogen-bond acceptors (Lipinski definition) is 6. The highest BCUT2D eigenvalue weighted by molar-refractivity contribution is 9.10. The van der Waals surface area contributed by atoms with Crippen molar-refractivity contribution in [2.75, 3.05) is 11.7 Å². The summed E-state index contributed by atoms with van der Waals surface area (Å²) in [6.45, 7) is 2.19. The van der Waals surface area contributed by atoms with Gasteiger partial charge in [-0.1, -0.05) is 39.7 Å². The van der Waals surface area contributed by atoms with E-state index in [-0.39, 0.29) is 24.7 Å². The highest BCUT2D eigenvalue weighted by atomic mass is 79.9. The SMILES string of the molecule is Cc1ccc(N2C(=O)NC(=O)/C(=C/c3cc(Br)ccc3OCc3ccc4c(c3)OCO4)C2=O)cc1Cl. The second-order valence-corrected chi connectivity index (χ2v) is 9.37. The molecule has 182 valence electrons. The Kier molecular flexibility index (Phi) is 6.42. The van der Waals surface area contributed by atoms with Crippen LogP contribution in [0, 0.1) is 6.92 Å². The van der Waals surface area contributed by atoms with Crippen LogP contribution >= 0.6 is 27.5 Å². The number of nitrogens with one attached hydrogen (secondary N) is 1. The van der Waals surface area contributed by atoms with Gasteiger partial charge in [0.05, 0.1) is 5.69 Å². The first-order valence-electron chi connectivity index (χ1n) is 10.8. The van der Waals surface area contributed by atoms with Crippen LogP contribution < -0.4 is 24.4 Å². The Morgan fingerprint density at radius 2 is 1.86 bits per heavy atom. The van der Waals surface area contributed by atoms with Gasteiger partial charge < -0.3 is 14.2 Å². The first-order valence-corrected chi connectivity index (χ1v) is 12.0. The molecular weight excluding hydrogens is 552 g/mol. The van der Waals surface area contributed by atoms with Gasteiger partial charge in [-0.2, -0.15) is 0 Å². The van der Waals surface area contributed by atoms with Crippen molar-refractivity contribution in [2.45, 2.75) is 13.5 Å². The number of urea groups is 1. The molecule has 1 saturated heterocycles. The van der Waals surface area contributed by atoms with Crippen LogP contribution in [0.5, 0.6) is 17.2 Å². The van der Waals surface area contributed by atoms with Crippen molar-refractivity contribution in [3.63, 3.8) is 0 Å². The third-order valence-electron chi connectivity index (χ3n) is 5.62. The van der Waals surface area contributed by atoms with E-state index in [0.29, 0.717) is 32.3 Å². The maximum absolute atomic E-state index is 13.3. The molecule has 2 aliphatic heterocycles. The zero-order valence-corrected chi connectivity index (χ0v) is 21.2. The Morgan fingerprint density at radius 3 is 2.67 bits per heavy atom. The lowest BCUT2D eigenvalue weighted by Crippen LogP contribution is -2.54. The number of ether oxygens (including phenoxy) is 3. The number of anilines is 1. The number of imide groups is 2. The topological polar surface area (TPSA) is 94.2 Å². The van der Waals surface area contributed by atoms with Crippen LogP contribution in [-0.2, 0) is 16.2 Å². The van der Waals surface area contributed by atoms with Gasteiger partial charge in [0.15, 0.2) is 11.5 Å². The van der Waals surface area contributed by atoms with Gasteiger partial charge in [-0.3, -0.25) is 14.9 Å². The van der Waals surface area contributed by atoms with Gasteiger partial charge in [0, 0.05) is 15.1 Å². The maximum atomic E-state index is 13.3. The molecule has 8 nitrogen and oxygen atoms in total. The number of fused-ring (bicyclic) bond motifs is 1. The average molecular weight is 570 g/mol. The molecule has 2 heterocycles. The molecule has 0 aromatic heterocycles. The highest BCUT2D eigenvalue weighted by Crippen LogP contribution is 2.34. The number of nitrogens with zero attached hydrogens (tertiary/aromatic N) is 1. The Hall–Kier alpha value is -3.82. The second-order valence-electron chi connectivity index (χ2n) is 8.05. The monoisotopic (exact) mass is 568 g/mol. The van der Waals surface area contributed by atoms with Gasteiger partial charge in [-0.15, -0.1) is 0 Å². The smallest absolute Gasteiger partial charge is 0.335 e. The molecule has 0 atom stereocenters. The fourth-order valence-electron chi connectivity index (χ4n) is 3.72. The van der Waals surface area contributed by atoms with E-state index >= 15 is 0 Å². The van der Waals surface area contributed by atoms with E-state index in [4.69, 9.17) is 25.8 Å². The number of aryl methyl sites for hydroxylation is 1. The quantitative estimate of drug-likeness (QED) is 0.327. The van der Waals surface area contributed by atoms with Crippen LogP contribution in [-0.4, -0.2) is 24.6 Å². The minimum atomic E-state index is -0.851. The zero-order valence-electron chi connectivity index (χ0n) is 18.8. The van der Waals surface area contributed by atoms with E-state index in [1.807, 2.05) is 12.1 Å². The van der Waals surface area contributed by atoms with Gasteiger partial charge in [0.1, 0.15) is 17.9 Å². The summed E-state index contributed by atoms with van der Waals surface area (Å²) in [6.07, 6.45) is 1.40. The number of carbonyl (C=O) groups excluding carboxylic acids is 3. The van der Waals surface area contributed by atoms with Crippen molar-refractivity contribution in [3.05, 3.63) is 86.4 Å². The Labute approximate surface area is 219 Å². The van der Waals surface area contributed by atoms with E-state index in [0.717, 1.165) is 16.0 Å². The molecule has 4 amide bonds. The molecular formula is C26H18BrClN2O6. The van der Waals surface area contributed by atoms with Crippen molar-refractivity contribution in [1.29, 1.82) is 0 Å². The number of carbonyl (C=O) groups is 3. The third-order valence-corrected chi connectivity index (χ3v) is 6.52. The lowest BCUT2D eigenvalue weighted by atomic mass is 10.1. The van der Waals surface area contributed by atoms with Crippen LogP contribution in [0.1, 0.15) is 16.7 Å². The molecule has 1 N–H and O–H groups in total. The van der Waals surface area contributed by atoms with Gasteiger partial charge in [0.25, 0.3) is 11.8 Å². The number of halogens is 2. The molecule has 0 unspecified atom stereocenters. The van der Waals surface area contributed by atoms with Crippen molar-refractivity contribution in [3.8, 4) is 17.2 Å². The van der Waals surface area contributed by atoms with Gasteiger partial charge in [-0.05, 0) is 66.6 Å². The third kappa shape index (κ3) is 4.67. The molecule has 5 rings (SSSR count). The average Bonchev–Trinajstić information content (AvgIpc) is 3.31.